The quantitative estimate of drug-likeness (QED) is 0.573. The molecule has 0 fully saturated rings. The van der Waals surface area contributed by atoms with E-state index in [1.54, 1.807) is 6.92 Å². The van der Waals surface area contributed by atoms with Gasteiger partial charge in [-0.15, -0.1) is 0 Å². The third-order valence-corrected chi connectivity index (χ3v) is 1.33. The minimum absolute atomic E-state index is 0.00671. The van der Waals surface area contributed by atoms with Crippen LogP contribution in [0.2, 0.25) is 0 Å². The molecule has 0 aromatic carbocycles. The molecule has 1 unspecified atom stereocenters. The molecule has 0 aromatic heterocycles. The summed E-state index contributed by atoms with van der Waals surface area (Å²) in [6, 6.07) is -0.492. The summed E-state index contributed by atoms with van der Waals surface area (Å²) in [5.41, 5.74) is 0. The van der Waals surface area contributed by atoms with Crippen LogP contribution in [0, 0.1) is 0 Å². The lowest BCUT2D eigenvalue weighted by Gasteiger charge is -2.09. The molecule has 70 valence electrons. The van der Waals surface area contributed by atoms with E-state index in [0.29, 0.717) is 0 Å². The minimum Gasteiger partial charge on any atom is -0.468 e. The predicted octanol–water partition coefficient (Wildman–Crippen LogP) is -0.690. The van der Waals surface area contributed by atoms with Crippen molar-refractivity contribution in [1.82, 2.24) is 5.32 Å². The van der Waals surface area contributed by atoms with Crippen molar-refractivity contribution in [3.63, 3.8) is 0 Å². The zero-order valence-corrected chi connectivity index (χ0v) is 7.42. The van der Waals surface area contributed by atoms with E-state index >= 15 is 0 Å². The minimum atomic E-state index is -0.492. The highest BCUT2D eigenvalue weighted by atomic mass is 16.5. The fourth-order valence-electron chi connectivity index (χ4n) is 0.569. The highest BCUT2D eigenvalue weighted by molar-refractivity contribution is 5.77. The Morgan fingerprint density at radius 2 is 1.92 bits per heavy atom. The maximum atomic E-state index is 10.8. The normalized spacial score (nSPS) is 11.9. The van der Waals surface area contributed by atoms with Gasteiger partial charge in [0, 0.05) is 0 Å². The first kappa shape index (κ1) is 10.9. The number of nitrogens with one attached hydrogen (secondary N) is 1. The van der Waals surface area contributed by atoms with Crippen molar-refractivity contribution in [3.05, 3.63) is 0 Å². The van der Waals surface area contributed by atoms with Gasteiger partial charge in [-0.1, -0.05) is 0 Å². The van der Waals surface area contributed by atoms with E-state index in [1.807, 2.05) is 0 Å². The number of carbonyl (C=O) groups excluding carboxylic acids is 2. The Morgan fingerprint density at radius 3 is 2.33 bits per heavy atom. The van der Waals surface area contributed by atoms with Crippen molar-refractivity contribution in [2.75, 3.05) is 20.8 Å². The molecule has 0 aromatic rings. The van der Waals surface area contributed by atoms with E-state index in [0.717, 1.165) is 0 Å². The molecule has 0 bridgehead atoms. The lowest BCUT2D eigenvalue weighted by atomic mass is 10.3. The second-order valence-electron chi connectivity index (χ2n) is 2.20. The summed E-state index contributed by atoms with van der Waals surface area (Å²) >= 11 is 0. The highest BCUT2D eigenvalue weighted by Gasteiger charge is 2.13. The first-order chi connectivity index (χ1) is 5.61. The molecule has 0 radical (unpaired) electrons. The number of ether oxygens (including phenoxy) is 2. The number of methoxy groups -OCH3 is 2. The van der Waals surface area contributed by atoms with Crippen LogP contribution in [0.3, 0.4) is 0 Å². The number of esters is 2. The van der Waals surface area contributed by atoms with Crippen LogP contribution >= 0.6 is 0 Å². The van der Waals surface area contributed by atoms with Crippen molar-refractivity contribution in [1.29, 1.82) is 0 Å². The van der Waals surface area contributed by atoms with Gasteiger partial charge in [-0.25, -0.2) is 0 Å². The van der Waals surface area contributed by atoms with Gasteiger partial charge in [-0.2, -0.15) is 0 Å². The molecule has 0 heterocycles. The van der Waals surface area contributed by atoms with Crippen molar-refractivity contribution >= 4 is 11.9 Å². The van der Waals surface area contributed by atoms with Gasteiger partial charge in [-0.3, -0.25) is 14.9 Å². The van der Waals surface area contributed by atoms with Crippen molar-refractivity contribution in [2.45, 2.75) is 13.0 Å². The molecule has 0 rings (SSSR count). The average Bonchev–Trinajstić information content (AvgIpc) is 2.11. The summed E-state index contributed by atoms with van der Waals surface area (Å²) < 4.78 is 8.78. The van der Waals surface area contributed by atoms with Gasteiger partial charge in [-0.05, 0) is 6.92 Å². The maximum Gasteiger partial charge on any atom is 0.322 e. The molecule has 0 aliphatic carbocycles. The molecule has 1 N–H and O–H groups in total. The first-order valence-electron chi connectivity index (χ1n) is 3.49. The molecule has 5 nitrogen and oxygen atoms in total. The van der Waals surface area contributed by atoms with E-state index in [1.165, 1.54) is 14.2 Å². The third kappa shape index (κ3) is 3.92. The molecule has 0 aliphatic rings. The van der Waals surface area contributed by atoms with E-state index < -0.39 is 18.0 Å². The Labute approximate surface area is 71.0 Å². The number of rotatable bonds is 4. The first-order valence-corrected chi connectivity index (χ1v) is 3.49. The fraction of sp³-hybridized carbons (Fsp3) is 0.714. The third-order valence-electron chi connectivity index (χ3n) is 1.33. The van der Waals surface area contributed by atoms with E-state index in [4.69, 9.17) is 0 Å². The summed E-state index contributed by atoms with van der Waals surface area (Å²) in [4.78, 5) is 21.4. The van der Waals surface area contributed by atoms with Gasteiger partial charge >= 0.3 is 11.9 Å². The average molecular weight is 175 g/mol. The Hall–Kier alpha value is -1.10. The van der Waals surface area contributed by atoms with Crippen LogP contribution in [-0.2, 0) is 19.1 Å². The zero-order chi connectivity index (χ0) is 9.56. The van der Waals surface area contributed by atoms with Gasteiger partial charge in [0.05, 0.1) is 20.8 Å². The second kappa shape index (κ2) is 5.54. The molecule has 0 aliphatic heterocycles. The lowest BCUT2D eigenvalue weighted by Crippen LogP contribution is -2.38. The van der Waals surface area contributed by atoms with Gasteiger partial charge in [0.1, 0.15) is 6.04 Å². The number of hydrogen-bond donors (Lipinski definition) is 1. The zero-order valence-electron chi connectivity index (χ0n) is 7.42. The smallest absolute Gasteiger partial charge is 0.322 e. The van der Waals surface area contributed by atoms with Gasteiger partial charge < -0.3 is 9.47 Å². The lowest BCUT2D eigenvalue weighted by molar-refractivity contribution is -0.143. The molecular formula is C7H13NO4. The highest BCUT2D eigenvalue weighted by Crippen LogP contribution is 1.84. The molecule has 0 saturated heterocycles. The molecular weight excluding hydrogens is 162 g/mol. The van der Waals surface area contributed by atoms with Crippen LogP contribution < -0.4 is 5.32 Å². The number of carbonyl (C=O) groups is 2. The van der Waals surface area contributed by atoms with Crippen LogP contribution in [0.5, 0.6) is 0 Å². The molecule has 0 saturated carbocycles. The summed E-state index contributed by atoms with van der Waals surface area (Å²) in [6.45, 7) is 1.61. The van der Waals surface area contributed by atoms with Crippen LogP contribution in [-0.4, -0.2) is 38.7 Å². The Balaban J connectivity index is 3.63. The fourth-order valence-corrected chi connectivity index (χ4v) is 0.569. The van der Waals surface area contributed by atoms with Crippen molar-refractivity contribution in [2.24, 2.45) is 0 Å². The standard InChI is InChI=1S/C7H13NO4/c1-5(7(10)12-3)8-4-6(9)11-2/h5,8H,4H2,1-3H3. The second-order valence-corrected chi connectivity index (χ2v) is 2.20. The van der Waals surface area contributed by atoms with Crippen LogP contribution in [0.4, 0.5) is 0 Å². The molecule has 12 heavy (non-hydrogen) atoms. The molecule has 0 spiro atoms. The Kier molecular flexibility index (Phi) is 5.03. The summed E-state index contributed by atoms with van der Waals surface area (Å²) in [7, 11) is 2.57. The molecule has 5 heteroatoms. The van der Waals surface area contributed by atoms with Gasteiger partial charge in [0.15, 0.2) is 0 Å². The largest absolute Gasteiger partial charge is 0.468 e. The van der Waals surface area contributed by atoms with Crippen LogP contribution in [0.1, 0.15) is 6.92 Å². The summed E-state index contributed by atoms with van der Waals surface area (Å²) in [6.07, 6.45) is 0. The van der Waals surface area contributed by atoms with Crippen molar-refractivity contribution in [3.8, 4) is 0 Å². The number of hydrogen-bond acceptors (Lipinski definition) is 5. The monoisotopic (exact) mass is 175 g/mol. The Morgan fingerprint density at radius 1 is 1.33 bits per heavy atom. The SMILES string of the molecule is COC(=O)CNC(C)C(=O)OC. The van der Waals surface area contributed by atoms with E-state index in [9.17, 15) is 9.59 Å². The van der Waals surface area contributed by atoms with E-state index in [2.05, 4.69) is 14.8 Å². The van der Waals surface area contributed by atoms with E-state index in [-0.39, 0.29) is 6.54 Å². The molecule has 0 amide bonds. The van der Waals surface area contributed by atoms with Crippen LogP contribution in [0.15, 0.2) is 0 Å². The van der Waals surface area contributed by atoms with Gasteiger partial charge in [0.25, 0.3) is 0 Å². The maximum absolute atomic E-state index is 10.8. The predicted molar refractivity (Wildman–Crippen MR) is 41.5 cm³/mol. The summed E-state index contributed by atoms with van der Waals surface area (Å²) in [5.74, 6) is -0.815. The molecule has 1 atom stereocenters. The topological polar surface area (TPSA) is 64.6 Å². The Bertz CT molecular complexity index is 169. The summed E-state index contributed by atoms with van der Waals surface area (Å²) in [5, 5.41) is 2.63. The van der Waals surface area contributed by atoms with Gasteiger partial charge in [0.2, 0.25) is 0 Å². The van der Waals surface area contributed by atoms with Crippen molar-refractivity contribution < 1.29 is 19.1 Å². The van der Waals surface area contributed by atoms with Crippen LogP contribution in [0.25, 0.3) is 0 Å².